The monoisotopic (exact) mass is 315 g/mol. The van der Waals surface area contributed by atoms with Gasteiger partial charge in [0.1, 0.15) is 5.76 Å². The van der Waals surface area contributed by atoms with Gasteiger partial charge in [-0.1, -0.05) is 37.3 Å². The van der Waals surface area contributed by atoms with Crippen molar-refractivity contribution in [3.05, 3.63) is 59.0 Å². The van der Waals surface area contributed by atoms with Gasteiger partial charge in [-0.3, -0.25) is 9.59 Å². The number of aliphatic carboxylic acids is 1. The Morgan fingerprint density at radius 3 is 2.52 bits per heavy atom. The molecule has 0 bridgehead atoms. The number of carbonyl (C=O) groups is 2. The van der Waals surface area contributed by atoms with Gasteiger partial charge in [0.05, 0.1) is 6.04 Å². The van der Waals surface area contributed by atoms with Crippen LogP contribution in [0.3, 0.4) is 0 Å². The molecule has 0 aliphatic rings. The number of rotatable bonds is 7. The fourth-order valence-electron chi connectivity index (χ4n) is 2.49. The third kappa shape index (κ3) is 4.45. The second-order valence-corrected chi connectivity index (χ2v) is 5.44. The Hall–Kier alpha value is -2.56. The predicted octanol–water partition coefficient (Wildman–Crippen LogP) is 3.49. The lowest BCUT2D eigenvalue weighted by Gasteiger charge is -2.17. The molecule has 1 unspecified atom stereocenters. The van der Waals surface area contributed by atoms with Crippen LogP contribution in [0.25, 0.3) is 0 Å². The van der Waals surface area contributed by atoms with Gasteiger partial charge in [-0.2, -0.15) is 0 Å². The molecule has 2 rings (SSSR count). The minimum atomic E-state index is -0.887. The van der Waals surface area contributed by atoms with Gasteiger partial charge < -0.3 is 14.8 Å². The van der Waals surface area contributed by atoms with Gasteiger partial charge in [0, 0.05) is 12.8 Å². The third-order valence-corrected chi connectivity index (χ3v) is 3.72. The van der Waals surface area contributed by atoms with Gasteiger partial charge in [-0.05, 0) is 30.5 Å². The van der Waals surface area contributed by atoms with Crippen molar-refractivity contribution in [3.8, 4) is 0 Å². The summed E-state index contributed by atoms with van der Waals surface area (Å²) >= 11 is 0. The predicted molar refractivity (Wildman–Crippen MR) is 86.3 cm³/mol. The highest BCUT2D eigenvalue weighted by Crippen LogP contribution is 2.21. The van der Waals surface area contributed by atoms with Crippen molar-refractivity contribution in [1.29, 1.82) is 0 Å². The van der Waals surface area contributed by atoms with Crippen molar-refractivity contribution in [2.75, 3.05) is 0 Å². The molecule has 1 aromatic carbocycles. The van der Waals surface area contributed by atoms with E-state index in [2.05, 4.69) is 5.32 Å². The summed E-state index contributed by atoms with van der Waals surface area (Å²) in [5, 5.41) is 11.8. The number of hydrogen-bond acceptors (Lipinski definition) is 3. The number of carbonyl (C=O) groups excluding carboxylic acids is 1. The number of benzene rings is 1. The van der Waals surface area contributed by atoms with E-state index in [1.165, 1.54) is 0 Å². The van der Waals surface area contributed by atoms with Crippen LogP contribution in [0.5, 0.6) is 0 Å². The van der Waals surface area contributed by atoms with Crippen LogP contribution < -0.4 is 5.32 Å². The molecule has 0 fully saturated rings. The van der Waals surface area contributed by atoms with Gasteiger partial charge in [0.25, 0.3) is 5.91 Å². The van der Waals surface area contributed by atoms with E-state index in [9.17, 15) is 9.59 Å². The summed E-state index contributed by atoms with van der Waals surface area (Å²) in [5.41, 5.74) is 1.82. The molecule has 2 aromatic rings. The first-order chi connectivity index (χ1) is 11.0. The molecule has 0 aliphatic carbocycles. The highest BCUT2D eigenvalue weighted by molar-refractivity contribution is 5.92. The smallest absolute Gasteiger partial charge is 0.303 e. The minimum Gasteiger partial charge on any atom is -0.481 e. The van der Waals surface area contributed by atoms with Gasteiger partial charge in [0.2, 0.25) is 0 Å². The molecule has 0 spiro atoms. The zero-order chi connectivity index (χ0) is 16.8. The summed E-state index contributed by atoms with van der Waals surface area (Å²) in [6.07, 6.45) is 1.03. The van der Waals surface area contributed by atoms with Crippen molar-refractivity contribution >= 4 is 11.9 Å². The van der Waals surface area contributed by atoms with Crippen LogP contribution in [-0.4, -0.2) is 17.0 Å². The van der Waals surface area contributed by atoms with Crippen molar-refractivity contribution in [1.82, 2.24) is 5.32 Å². The van der Waals surface area contributed by atoms with E-state index in [1.54, 1.807) is 6.07 Å². The summed E-state index contributed by atoms with van der Waals surface area (Å²) in [7, 11) is 0. The largest absolute Gasteiger partial charge is 0.481 e. The number of hydrogen-bond donors (Lipinski definition) is 2. The molecule has 5 heteroatoms. The van der Waals surface area contributed by atoms with Gasteiger partial charge in [0.15, 0.2) is 5.76 Å². The van der Waals surface area contributed by atoms with E-state index >= 15 is 0 Å². The summed E-state index contributed by atoms with van der Waals surface area (Å²) in [6, 6.07) is 10.7. The molecular weight excluding hydrogens is 294 g/mol. The van der Waals surface area contributed by atoms with E-state index in [1.807, 2.05) is 44.2 Å². The average molecular weight is 315 g/mol. The van der Waals surface area contributed by atoms with Crippen LogP contribution in [0.2, 0.25) is 0 Å². The molecule has 0 saturated heterocycles. The molecular formula is C18H21NO4. The second-order valence-electron chi connectivity index (χ2n) is 5.44. The van der Waals surface area contributed by atoms with Crippen molar-refractivity contribution in [2.24, 2.45) is 0 Å². The number of nitrogens with one attached hydrogen (secondary N) is 1. The molecule has 122 valence electrons. The molecule has 2 N–H and O–H groups in total. The maximum atomic E-state index is 12.4. The first-order valence-electron chi connectivity index (χ1n) is 7.68. The number of amides is 1. The van der Waals surface area contributed by atoms with Gasteiger partial charge in [-0.15, -0.1) is 0 Å². The molecule has 1 amide bonds. The highest BCUT2D eigenvalue weighted by atomic mass is 16.4. The Bertz CT molecular complexity index is 676. The Morgan fingerprint density at radius 1 is 1.26 bits per heavy atom. The van der Waals surface area contributed by atoms with E-state index in [0.717, 1.165) is 23.3 Å². The van der Waals surface area contributed by atoms with Gasteiger partial charge >= 0.3 is 5.97 Å². The Balaban J connectivity index is 2.15. The Morgan fingerprint density at radius 2 is 1.96 bits per heavy atom. The van der Waals surface area contributed by atoms with Crippen LogP contribution in [0.15, 0.2) is 40.8 Å². The van der Waals surface area contributed by atoms with Gasteiger partial charge in [-0.25, -0.2) is 0 Å². The molecule has 1 aromatic heterocycles. The molecule has 0 saturated carbocycles. The van der Waals surface area contributed by atoms with Crippen molar-refractivity contribution < 1.29 is 19.1 Å². The first-order valence-corrected chi connectivity index (χ1v) is 7.68. The van der Waals surface area contributed by atoms with Crippen LogP contribution >= 0.6 is 0 Å². The Labute approximate surface area is 135 Å². The summed E-state index contributed by atoms with van der Waals surface area (Å²) < 4.78 is 5.56. The topological polar surface area (TPSA) is 79.5 Å². The van der Waals surface area contributed by atoms with Crippen molar-refractivity contribution in [2.45, 2.75) is 39.2 Å². The van der Waals surface area contributed by atoms with Crippen molar-refractivity contribution in [3.63, 3.8) is 0 Å². The lowest BCUT2D eigenvalue weighted by atomic mass is 10.0. The van der Waals surface area contributed by atoms with Crippen LogP contribution in [-0.2, 0) is 11.2 Å². The maximum Gasteiger partial charge on any atom is 0.303 e. The average Bonchev–Trinajstić information content (AvgIpc) is 2.93. The molecule has 23 heavy (non-hydrogen) atoms. The fraction of sp³-hybridized carbons (Fsp3) is 0.333. The lowest BCUT2D eigenvalue weighted by molar-refractivity contribution is -0.137. The summed E-state index contributed by atoms with van der Waals surface area (Å²) in [5.74, 6) is -0.165. The third-order valence-electron chi connectivity index (χ3n) is 3.72. The number of furan rings is 1. The minimum absolute atomic E-state index is 0.0166. The zero-order valence-corrected chi connectivity index (χ0v) is 13.3. The lowest BCUT2D eigenvalue weighted by Crippen LogP contribution is -2.28. The second kappa shape index (κ2) is 7.63. The van der Waals surface area contributed by atoms with E-state index in [0.29, 0.717) is 6.42 Å². The zero-order valence-electron chi connectivity index (χ0n) is 13.3. The summed E-state index contributed by atoms with van der Waals surface area (Å²) in [6.45, 7) is 3.87. The fourth-order valence-corrected chi connectivity index (χ4v) is 2.49. The SMILES string of the molecule is CCc1oc(C(=O)NC(CCC(=O)O)c2ccccc2)cc1C. The molecule has 1 atom stereocenters. The van der Waals surface area contributed by atoms with E-state index < -0.39 is 5.97 Å². The van der Waals surface area contributed by atoms with E-state index in [-0.39, 0.29) is 24.1 Å². The van der Waals surface area contributed by atoms with E-state index in [4.69, 9.17) is 9.52 Å². The normalized spacial score (nSPS) is 11.9. The molecule has 5 nitrogen and oxygen atoms in total. The summed E-state index contributed by atoms with van der Waals surface area (Å²) in [4.78, 5) is 23.2. The molecule has 0 radical (unpaired) electrons. The number of carboxylic acid groups (broad SMARTS) is 1. The van der Waals surface area contributed by atoms with Crippen LogP contribution in [0.4, 0.5) is 0 Å². The molecule has 0 aliphatic heterocycles. The number of aryl methyl sites for hydroxylation is 2. The standard InChI is InChI=1S/C18H21NO4/c1-3-15-12(2)11-16(23-15)18(22)19-14(9-10-17(20)21)13-7-5-4-6-8-13/h4-8,11,14H,3,9-10H2,1-2H3,(H,19,22)(H,20,21). The maximum absolute atomic E-state index is 12.4. The quantitative estimate of drug-likeness (QED) is 0.819. The molecule has 1 heterocycles. The van der Waals surface area contributed by atoms with Crippen LogP contribution in [0, 0.1) is 6.92 Å². The highest BCUT2D eigenvalue weighted by Gasteiger charge is 2.20. The first kappa shape index (κ1) is 16.8. The number of carboxylic acids is 1. The van der Waals surface area contributed by atoms with Crippen LogP contribution in [0.1, 0.15) is 53.2 Å². The Kier molecular flexibility index (Phi) is 5.57.